The maximum atomic E-state index is 5.78. The molecule has 0 heterocycles. The summed E-state index contributed by atoms with van der Waals surface area (Å²) in [6.07, 6.45) is 2.12. The Morgan fingerprint density at radius 1 is 0.452 bits per heavy atom. The van der Waals surface area contributed by atoms with Gasteiger partial charge in [0.2, 0.25) is 0 Å². The Balaban J connectivity index is 0.000000291. The van der Waals surface area contributed by atoms with Gasteiger partial charge < -0.3 is 4.74 Å². The number of hydrogen-bond donors (Lipinski definition) is 0. The second-order valence-corrected chi connectivity index (χ2v) is 6.44. The molecule has 4 aromatic rings. The van der Waals surface area contributed by atoms with Crippen LogP contribution in [-0.4, -0.2) is 0 Å². The summed E-state index contributed by atoms with van der Waals surface area (Å²) in [5.41, 5.74) is 2.66. The van der Waals surface area contributed by atoms with Gasteiger partial charge in [0.05, 0.1) is 0 Å². The van der Waals surface area contributed by atoms with Crippen molar-refractivity contribution in [2.75, 3.05) is 0 Å². The molecule has 0 unspecified atom stereocenters. The van der Waals surface area contributed by atoms with E-state index in [-0.39, 0.29) is 0 Å². The van der Waals surface area contributed by atoms with Crippen molar-refractivity contribution in [2.24, 2.45) is 0 Å². The second-order valence-electron chi connectivity index (χ2n) is 6.44. The molecule has 0 aromatic heterocycles. The van der Waals surface area contributed by atoms with Crippen LogP contribution in [0, 0.1) is 0 Å². The summed E-state index contributed by atoms with van der Waals surface area (Å²) < 4.78 is 5.78. The third-order valence-corrected chi connectivity index (χ3v) is 4.56. The summed E-state index contributed by atoms with van der Waals surface area (Å²) in [4.78, 5) is 0. The van der Waals surface area contributed by atoms with Crippen molar-refractivity contribution in [1.82, 2.24) is 0 Å². The normalized spacial score (nSPS) is 9.23. The predicted molar refractivity (Wildman–Crippen MR) is 138 cm³/mol. The van der Waals surface area contributed by atoms with Crippen LogP contribution in [-0.2, 0) is 12.8 Å². The first-order valence-electron chi connectivity index (χ1n) is 11.6. The van der Waals surface area contributed by atoms with Crippen LogP contribution in [0.15, 0.2) is 97.1 Å². The Kier molecular flexibility index (Phi) is 13.2. The molecule has 0 aliphatic rings. The van der Waals surface area contributed by atoms with Crippen molar-refractivity contribution < 1.29 is 4.74 Å². The van der Waals surface area contributed by atoms with Crippen LogP contribution in [0.25, 0.3) is 10.8 Å². The number of benzene rings is 4. The van der Waals surface area contributed by atoms with E-state index in [0.717, 1.165) is 24.3 Å². The zero-order valence-electron chi connectivity index (χ0n) is 20.1. The highest BCUT2D eigenvalue weighted by Gasteiger charge is 1.97. The van der Waals surface area contributed by atoms with E-state index in [4.69, 9.17) is 4.74 Å². The van der Waals surface area contributed by atoms with Crippen LogP contribution < -0.4 is 4.74 Å². The molecule has 0 atom stereocenters. The molecule has 1 heteroatoms. The molecule has 0 bridgehead atoms. The molecule has 4 aromatic carbocycles. The fraction of sp³-hybridized carbons (Fsp3) is 0.267. The monoisotopic (exact) mass is 414 g/mol. The molecule has 0 fully saturated rings. The molecule has 0 spiro atoms. The number of aryl methyl sites for hydroxylation is 2. The summed E-state index contributed by atoms with van der Waals surface area (Å²) in [7, 11) is 0. The first kappa shape index (κ1) is 26.0. The standard InChI is InChI=1S/C16H18O.C10H8.2C2H6/c1-3-13-5-9-15(10-6-13)17-16-11-7-14(4-2)8-12-16;1-2-6-10-8-4-3-7-9(10)5-1;2*1-2/h5-12H,3-4H2,1-2H3;1-8H;2*1-2H3. The SMILES string of the molecule is CC.CC.CCc1ccc(Oc2ccc(CC)cc2)cc1.c1ccc2ccccc2c1. The molecule has 0 saturated carbocycles. The van der Waals surface area contributed by atoms with Crippen LogP contribution in [0.3, 0.4) is 0 Å². The molecular weight excluding hydrogens is 376 g/mol. The van der Waals surface area contributed by atoms with E-state index in [0.29, 0.717) is 0 Å². The molecule has 1 nitrogen and oxygen atoms in total. The van der Waals surface area contributed by atoms with Crippen molar-refractivity contribution in [2.45, 2.75) is 54.4 Å². The van der Waals surface area contributed by atoms with Gasteiger partial charge in [-0.25, -0.2) is 0 Å². The van der Waals surface area contributed by atoms with Crippen molar-refractivity contribution in [3.8, 4) is 11.5 Å². The molecule has 0 radical (unpaired) electrons. The van der Waals surface area contributed by atoms with Crippen LogP contribution in [0.4, 0.5) is 0 Å². The van der Waals surface area contributed by atoms with Gasteiger partial charge in [-0.2, -0.15) is 0 Å². The quantitative estimate of drug-likeness (QED) is 0.323. The highest BCUT2D eigenvalue weighted by molar-refractivity contribution is 5.82. The lowest BCUT2D eigenvalue weighted by Crippen LogP contribution is -1.86. The lowest BCUT2D eigenvalue weighted by molar-refractivity contribution is 0.482. The maximum Gasteiger partial charge on any atom is 0.127 e. The molecule has 164 valence electrons. The molecule has 0 N–H and O–H groups in total. The first-order valence-corrected chi connectivity index (χ1v) is 11.6. The molecule has 31 heavy (non-hydrogen) atoms. The molecular formula is C30H38O. The fourth-order valence-electron chi connectivity index (χ4n) is 2.86. The smallest absolute Gasteiger partial charge is 0.127 e. The largest absolute Gasteiger partial charge is 0.457 e. The minimum absolute atomic E-state index is 0.895. The number of rotatable bonds is 4. The van der Waals surface area contributed by atoms with E-state index in [1.54, 1.807) is 0 Å². The van der Waals surface area contributed by atoms with E-state index < -0.39 is 0 Å². The second kappa shape index (κ2) is 15.7. The summed E-state index contributed by atoms with van der Waals surface area (Å²) in [6.45, 7) is 12.3. The molecule has 0 aliphatic carbocycles. The Morgan fingerprint density at radius 3 is 1.00 bits per heavy atom. The van der Waals surface area contributed by atoms with Crippen LogP contribution in [0.1, 0.15) is 52.7 Å². The van der Waals surface area contributed by atoms with Gasteiger partial charge >= 0.3 is 0 Å². The Hall–Kier alpha value is -3.06. The molecule has 4 rings (SSSR count). The van der Waals surface area contributed by atoms with Gasteiger partial charge in [-0.1, -0.05) is 114 Å². The predicted octanol–water partition coefficient (Wildman–Crippen LogP) is 9.50. The minimum Gasteiger partial charge on any atom is -0.457 e. The average molecular weight is 415 g/mol. The topological polar surface area (TPSA) is 9.23 Å². The highest BCUT2D eigenvalue weighted by atomic mass is 16.5. The summed E-state index contributed by atoms with van der Waals surface area (Å²) >= 11 is 0. The van der Waals surface area contributed by atoms with Gasteiger partial charge in [0.15, 0.2) is 0 Å². The zero-order valence-corrected chi connectivity index (χ0v) is 20.1. The number of fused-ring (bicyclic) bond motifs is 1. The molecule has 0 saturated heterocycles. The first-order chi connectivity index (χ1) is 15.3. The third kappa shape index (κ3) is 9.09. The Labute approximate surface area is 189 Å². The minimum atomic E-state index is 0.895. The average Bonchev–Trinajstić information content (AvgIpc) is 2.88. The van der Waals surface area contributed by atoms with Gasteiger partial charge in [-0.15, -0.1) is 0 Å². The van der Waals surface area contributed by atoms with Crippen molar-refractivity contribution in [1.29, 1.82) is 0 Å². The Bertz CT molecular complexity index is 842. The lowest BCUT2D eigenvalue weighted by atomic mass is 10.1. The van der Waals surface area contributed by atoms with Crippen LogP contribution >= 0.6 is 0 Å². The third-order valence-electron chi connectivity index (χ3n) is 4.56. The molecule has 0 amide bonds. The van der Waals surface area contributed by atoms with Crippen molar-refractivity contribution in [3.63, 3.8) is 0 Å². The van der Waals surface area contributed by atoms with Crippen molar-refractivity contribution in [3.05, 3.63) is 108 Å². The zero-order chi connectivity index (χ0) is 22.9. The Morgan fingerprint density at radius 2 is 0.742 bits per heavy atom. The highest BCUT2D eigenvalue weighted by Crippen LogP contribution is 2.22. The van der Waals surface area contributed by atoms with Gasteiger partial charge in [0.25, 0.3) is 0 Å². The lowest BCUT2D eigenvalue weighted by Gasteiger charge is -2.06. The van der Waals surface area contributed by atoms with E-state index in [2.05, 4.69) is 86.6 Å². The van der Waals surface area contributed by atoms with Crippen molar-refractivity contribution >= 4 is 10.8 Å². The van der Waals surface area contributed by atoms with E-state index >= 15 is 0 Å². The van der Waals surface area contributed by atoms with Gasteiger partial charge in [0, 0.05) is 0 Å². The summed E-state index contributed by atoms with van der Waals surface area (Å²) in [5, 5.41) is 2.62. The number of hydrogen-bond acceptors (Lipinski definition) is 1. The summed E-state index contributed by atoms with van der Waals surface area (Å²) in [6, 6.07) is 33.2. The van der Waals surface area contributed by atoms with Gasteiger partial charge in [0.1, 0.15) is 11.5 Å². The van der Waals surface area contributed by atoms with Gasteiger partial charge in [-0.05, 0) is 59.0 Å². The van der Waals surface area contributed by atoms with Crippen LogP contribution in [0.2, 0.25) is 0 Å². The maximum absolute atomic E-state index is 5.78. The van der Waals surface area contributed by atoms with Crippen LogP contribution in [0.5, 0.6) is 11.5 Å². The van der Waals surface area contributed by atoms with E-state index in [1.807, 2.05) is 52.0 Å². The number of ether oxygens (including phenoxy) is 1. The van der Waals surface area contributed by atoms with E-state index in [9.17, 15) is 0 Å². The summed E-state index contributed by atoms with van der Waals surface area (Å²) in [5.74, 6) is 1.79. The fourth-order valence-corrected chi connectivity index (χ4v) is 2.86. The van der Waals surface area contributed by atoms with Gasteiger partial charge in [-0.3, -0.25) is 0 Å². The molecule has 0 aliphatic heterocycles. The van der Waals surface area contributed by atoms with E-state index in [1.165, 1.54) is 21.9 Å².